The third kappa shape index (κ3) is 1.04. The summed E-state index contributed by atoms with van der Waals surface area (Å²) < 4.78 is 5.29. The van der Waals surface area contributed by atoms with Crippen molar-refractivity contribution in [1.29, 1.82) is 0 Å². The van der Waals surface area contributed by atoms with Gasteiger partial charge in [-0.15, -0.1) is 0 Å². The summed E-state index contributed by atoms with van der Waals surface area (Å²) in [6.07, 6.45) is 0. The van der Waals surface area contributed by atoms with E-state index >= 15 is 0 Å². The lowest BCUT2D eigenvalue weighted by Gasteiger charge is -1.94. The molecule has 0 saturated heterocycles. The number of amides is 1. The molecule has 0 bridgehead atoms. The highest BCUT2D eigenvalue weighted by atomic mass is 16.3. The molecule has 0 aliphatic carbocycles. The van der Waals surface area contributed by atoms with Crippen molar-refractivity contribution >= 4 is 22.6 Å². The normalized spacial score (nSPS) is 10.6. The average molecular weight is 190 g/mol. The van der Waals surface area contributed by atoms with Gasteiger partial charge in [0.1, 0.15) is 5.58 Å². The van der Waals surface area contributed by atoms with Crippen LogP contribution in [0.4, 0.5) is 5.69 Å². The Balaban J connectivity index is 2.87. The zero-order valence-corrected chi connectivity index (χ0v) is 7.70. The molecular weight excluding hydrogens is 180 g/mol. The molecular formula is C10H10N2O2. The molecule has 0 radical (unpaired) electrons. The maximum absolute atomic E-state index is 11.0. The number of benzene rings is 1. The highest BCUT2D eigenvalue weighted by Gasteiger charge is 2.15. The van der Waals surface area contributed by atoms with Crippen molar-refractivity contribution in [2.75, 3.05) is 5.73 Å². The van der Waals surface area contributed by atoms with E-state index in [1.54, 1.807) is 25.1 Å². The molecule has 4 nitrogen and oxygen atoms in total. The summed E-state index contributed by atoms with van der Waals surface area (Å²) in [4.78, 5) is 11.0. The minimum Gasteiger partial charge on any atom is -0.451 e. The van der Waals surface area contributed by atoms with Crippen LogP contribution in [-0.2, 0) is 0 Å². The minimum atomic E-state index is -0.571. The molecule has 2 rings (SSSR count). The van der Waals surface area contributed by atoms with Crippen LogP contribution in [0.3, 0.4) is 0 Å². The van der Waals surface area contributed by atoms with Gasteiger partial charge in [-0.2, -0.15) is 0 Å². The number of hydrogen-bond acceptors (Lipinski definition) is 3. The third-order valence-corrected chi connectivity index (χ3v) is 2.21. The van der Waals surface area contributed by atoms with E-state index in [2.05, 4.69) is 0 Å². The predicted molar refractivity (Wildman–Crippen MR) is 53.9 cm³/mol. The van der Waals surface area contributed by atoms with E-state index in [0.29, 0.717) is 16.8 Å². The second kappa shape index (κ2) is 2.77. The van der Waals surface area contributed by atoms with E-state index in [1.807, 2.05) is 0 Å². The van der Waals surface area contributed by atoms with Crippen molar-refractivity contribution in [3.05, 3.63) is 29.5 Å². The van der Waals surface area contributed by atoms with Crippen LogP contribution >= 0.6 is 0 Å². The largest absolute Gasteiger partial charge is 0.451 e. The predicted octanol–water partition coefficient (Wildman–Crippen LogP) is 1.42. The van der Waals surface area contributed by atoms with Gasteiger partial charge in [0.15, 0.2) is 5.76 Å². The number of carbonyl (C=O) groups excluding carboxylic acids is 1. The van der Waals surface area contributed by atoms with E-state index in [9.17, 15) is 4.79 Å². The van der Waals surface area contributed by atoms with Gasteiger partial charge in [0.25, 0.3) is 5.91 Å². The van der Waals surface area contributed by atoms with Gasteiger partial charge in [0, 0.05) is 16.6 Å². The Kier molecular flexibility index (Phi) is 1.70. The molecule has 0 aliphatic heterocycles. The van der Waals surface area contributed by atoms with Gasteiger partial charge in [0.2, 0.25) is 0 Å². The minimum absolute atomic E-state index is 0.179. The summed E-state index contributed by atoms with van der Waals surface area (Å²) in [7, 11) is 0. The number of hydrogen-bond donors (Lipinski definition) is 2. The number of nitrogen functional groups attached to an aromatic ring is 1. The molecule has 72 valence electrons. The molecule has 0 atom stereocenters. The number of nitrogens with two attached hydrogens (primary N) is 2. The smallest absolute Gasteiger partial charge is 0.284 e. The van der Waals surface area contributed by atoms with E-state index < -0.39 is 5.91 Å². The van der Waals surface area contributed by atoms with Gasteiger partial charge in [-0.05, 0) is 19.1 Å². The SMILES string of the molecule is Cc1c(C(N)=O)oc2cccc(N)c12. The Morgan fingerprint density at radius 1 is 1.43 bits per heavy atom. The van der Waals surface area contributed by atoms with E-state index in [1.165, 1.54) is 0 Å². The number of anilines is 1. The topological polar surface area (TPSA) is 82.2 Å². The maximum Gasteiger partial charge on any atom is 0.284 e. The highest BCUT2D eigenvalue weighted by molar-refractivity contribution is 6.01. The number of rotatable bonds is 1. The zero-order valence-electron chi connectivity index (χ0n) is 7.70. The quantitative estimate of drug-likeness (QED) is 0.667. The summed E-state index contributed by atoms with van der Waals surface area (Å²) in [5, 5.41) is 0.765. The number of aryl methyl sites for hydroxylation is 1. The first-order chi connectivity index (χ1) is 6.61. The zero-order chi connectivity index (χ0) is 10.3. The summed E-state index contributed by atoms with van der Waals surface area (Å²) >= 11 is 0. The molecule has 2 aromatic rings. The van der Waals surface area contributed by atoms with Crippen molar-refractivity contribution < 1.29 is 9.21 Å². The lowest BCUT2D eigenvalue weighted by Crippen LogP contribution is -2.10. The Labute approximate surface area is 80.5 Å². The summed E-state index contributed by atoms with van der Waals surface area (Å²) in [5.41, 5.74) is 12.8. The van der Waals surface area contributed by atoms with Crippen molar-refractivity contribution in [2.45, 2.75) is 6.92 Å². The lowest BCUT2D eigenvalue weighted by molar-refractivity contribution is 0.0975. The van der Waals surface area contributed by atoms with Gasteiger partial charge in [0.05, 0.1) is 0 Å². The van der Waals surface area contributed by atoms with Gasteiger partial charge in [-0.3, -0.25) is 4.79 Å². The molecule has 14 heavy (non-hydrogen) atoms. The van der Waals surface area contributed by atoms with Gasteiger partial charge < -0.3 is 15.9 Å². The van der Waals surface area contributed by atoms with Gasteiger partial charge in [-0.1, -0.05) is 6.07 Å². The monoisotopic (exact) mass is 190 g/mol. The highest BCUT2D eigenvalue weighted by Crippen LogP contribution is 2.29. The van der Waals surface area contributed by atoms with Crippen LogP contribution in [0, 0.1) is 6.92 Å². The van der Waals surface area contributed by atoms with Crippen LogP contribution in [0.1, 0.15) is 16.1 Å². The van der Waals surface area contributed by atoms with Crippen LogP contribution in [0.15, 0.2) is 22.6 Å². The van der Waals surface area contributed by atoms with E-state index in [-0.39, 0.29) is 5.76 Å². The van der Waals surface area contributed by atoms with Gasteiger partial charge >= 0.3 is 0 Å². The maximum atomic E-state index is 11.0. The fraction of sp³-hybridized carbons (Fsp3) is 0.100. The van der Waals surface area contributed by atoms with Crippen molar-refractivity contribution in [3.8, 4) is 0 Å². The molecule has 4 N–H and O–H groups in total. The standard InChI is InChI=1S/C10H10N2O2/c1-5-8-6(11)3-2-4-7(8)14-9(5)10(12)13/h2-4H,11H2,1H3,(H2,12,13). The van der Waals surface area contributed by atoms with Crippen LogP contribution in [0.2, 0.25) is 0 Å². The first-order valence-electron chi connectivity index (χ1n) is 4.18. The number of fused-ring (bicyclic) bond motifs is 1. The Hall–Kier alpha value is -1.97. The Bertz CT molecular complexity index is 514. The molecule has 1 aromatic heterocycles. The molecule has 0 fully saturated rings. The van der Waals surface area contributed by atoms with Crippen LogP contribution in [-0.4, -0.2) is 5.91 Å². The third-order valence-electron chi connectivity index (χ3n) is 2.21. The second-order valence-electron chi connectivity index (χ2n) is 3.14. The fourth-order valence-corrected chi connectivity index (χ4v) is 1.57. The molecule has 1 heterocycles. The Morgan fingerprint density at radius 3 is 2.71 bits per heavy atom. The lowest BCUT2D eigenvalue weighted by atomic mass is 10.1. The summed E-state index contributed by atoms with van der Waals surface area (Å²) in [6.45, 7) is 1.77. The molecule has 4 heteroatoms. The van der Waals surface area contributed by atoms with Crippen molar-refractivity contribution in [3.63, 3.8) is 0 Å². The summed E-state index contributed by atoms with van der Waals surface area (Å²) in [5.74, 6) is -0.393. The first-order valence-corrected chi connectivity index (χ1v) is 4.18. The molecule has 0 unspecified atom stereocenters. The first kappa shape index (κ1) is 8.62. The number of furan rings is 1. The van der Waals surface area contributed by atoms with Gasteiger partial charge in [-0.25, -0.2) is 0 Å². The van der Waals surface area contributed by atoms with Crippen molar-refractivity contribution in [1.82, 2.24) is 0 Å². The second-order valence-corrected chi connectivity index (χ2v) is 3.14. The number of carbonyl (C=O) groups is 1. The van der Waals surface area contributed by atoms with E-state index in [4.69, 9.17) is 15.9 Å². The fourth-order valence-electron chi connectivity index (χ4n) is 1.57. The number of primary amides is 1. The van der Waals surface area contributed by atoms with Crippen LogP contribution in [0.5, 0.6) is 0 Å². The van der Waals surface area contributed by atoms with E-state index in [0.717, 1.165) is 5.39 Å². The summed E-state index contributed by atoms with van der Waals surface area (Å²) in [6, 6.07) is 5.28. The molecule has 1 amide bonds. The Morgan fingerprint density at radius 2 is 2.14 bits per heavy atom. The molecule has 0 spiro atoms. The van der Waals surface area contributed by atoms with Crippen LogP contribution < -0.4 is 11.5 Å². The molecule has 1 aromatic carbocycles. The van der Waals surface area contributed by atoms with Crippen molar-refractivity contribution in [2.24, 2.45) is 5.73 Å². The average Bonchev–Trinajstić information content (AvgIpc) is 2.45. The molecule has 0 aliphatic rings. The molecule has 0 saturated carbocycles. The van der Waals surface area contributed by atoms with Crippen LogP contribution in [0.25, 0.3) is 11.0 Å².